The average Bonchev–Trinajstić information content (AvgIpc) is 2.49. The number of hydrogen-bond acceptors (Lipinski definition) is 4. The minimum Gasteiger partial charge on any atom is -0.495 e. The number of nitrogens with one attached hydrogen (secondary N) is 2. The molecule has 0 bridgehead atoms. The normalized spacial score (nSPS) is 21.0. The Balaban J connectivity index is 2.01. The predicted octanol–water partition coefficient (Wildman–Crippen LogP) is 2.32. The van der Waals surface area contributed by atoms with Crippen LogP contribution in [0, 0.1) is 0 Å². The molecule has 0 aliphatic heterocycles. The van der Waals surface area contributed by atoms with Gasteiger partial charge in [0, 0.05) is 11.6 Å². The zero-order valence-corrected chi connectivity index (χ0v) is 12.9. The SMILES string of the molecule is COc1ccc(C(C)=O)cc1NC(=O)NC1CCC(O)CC1. The quantitative estimate of drug-likeness (QED) is 0.745. The van der Waals surface area contributed by atoms with Crippen LogP contribution >= 0.6 is 0 Å². The topological polar surface area (TPSA) is 87.7 Å². The third kappa shape index (κ3) is 4.21. The zero-order valence-electron chi connectivity index (χ0n) is 12.9. The number of Topliss-reactive ketones (excluding diaryl/α,β-unsaturated/α-hetero) is 1. The van der Waals surface area contributed by atoms with Crippen molar-refractivity contribution in [2.75, 3.05) is 12.4 Å². The Hall–Kier alpha value is -2.08. The van der Waals surface area contributed by atoms with Gasteiger partial charge in [-0.1, -0.05) is 0 Å². The number of anilines is 1. The summed E-state index contributed by atoms with van der Waals surface area (Å²) in [4.78, 5) is 23.5. The summed E-state index contributed by atoms with van der Waals surface area (Å²) in [7, 11) is 1.51. The first-order valence-electron chi connectivity index (χ1n) is 7.44. The number of carbonyl (C=O) groups is 2. The van der Waals surface area contributed by atoms with E-state index in [-0.39, 0.29) is 24.0 Å². The molecule has 1 fully saturated rings. The zero-order chi connectivity index (χ0) is 16.1. The van der Waals surface area contributed by atoms with Gasteiger partial charge in [0.2, 0.25) is 0 Å². The van der Waals surface area contributed by atoms with Gasteiger partial charge in [0.25, 0.3) is 0 Å². The monoisotopic (exact) mass is 306 g/mol. The van der Waals surface area contributed by atoms with Crippen LogP contribution in [0.25, 0.3) is 0 Å². The van der Waals surface area contributed by atoms with Crippen LogP contribution in [0.1, 0.15) is 43.0 Å². The van der Waals surface area contributed by atoms with Gasteiger partial charge in [-0.3, -0.25) is 4.79 Å². The standard InChI is InChI=1S/C16H22N2O4/c1-10(19)11-3-8-15(22-2)14(9-11)18-16(21)17-12-4-6-13(20)7-5-12/h3,8-9,12-13,20H,4-7H2,1-2H3,(H2,17,18,21). The van der Waals surface area contributed by atoms with Crippen LogP contribution in [-0.4, -0.2) is 36.2 Å². The van der Waals surface area contributed by atoms with Gasteiger partial charge in [0.05, 0.1) is 18.9 Å². The van der Waals surface area contributed by atoms with E-state index in [0.29, 0.717) is 29.8 Å². The van der Waals surface area contributed by atoms with Crippen molar-refractivity contribution in [2.24, 2.45) is 0 Å². The van der Waals surface area contributed by atoms with Crippen LogP contribution in [-0.2, 0) is 0 Å². The Labute approximate surface area is 129 Å². The fourth-order valence-corrected chi connectivity index (χ4v) is 2.59. The molecule has 2 rings (SSSR count). The number of methoxy groups -OCH3 is 1. The van der Waals surface area contributed by atoms with Crippen LogP contribution in [0.4, 0.5) is 10.5 Å². The lowest BCUT2D eigenvalue weighted by atomic mass is 9.93. The first-order valence-corrected chi connectivity index (χ1v) is 7.44. The number of ether oxygens (including phenoxy) is 1. The molecule has 0 radical (unpaired) electrons. The van der Waals surface area contributed by atoms with Crippen molar-refractivity contribution in [3.8, 4) is 5.75 Å². The third-order valence-corrected chi connectivity index (χ3v) is 3.89. The van der Waals surface area contributed by atoms with E-state index in [0.717, 1.165) is 12.8 Å². The number of aliphatic hydroxyl groups excluding tert-OH is 1. The van der Waals surface area contributed by atoms with E-state index in [9.17, 15) is 14.7 Å². The molecule has 0 spiro atoms. The van der Waals surface area contributed by atoms with Crippen molar-refractivity contribution in [2.45, 2.75) is 44.8 Å². The number of amides is 2. The lowest BCUT2D eigenvalue weighted by Crippen LogP contribution is -2.40. The van der Waals surface area contributed by atoms with E-state index in [1.165, 1.54) is 14.0 Å². The molecule has 2 amide bonds. The van der Waals surface area contributed by atoms with E-state index in [1.807, 2.05) is 0 Å². The highest BCUT2D eigenvalue weighted by Gasteiger charge is 2.21. The van der Waals surface area contributed by atoms with Crippen molar-refractivity contribution in [3.05, 3.63) is 23.8 Å². The summed E-state index contributed by atoms with van der Waals surface area (Å²) in [6, 6.07) is 4.65. The third-order valence-electron chi connectivity index (χ3n) is 3.89. The number of hydrogen-bond donors (Lipinski definition) is 3. The minimum atomic E-state index is -0.333. The van der Waals surface area contributed by atoms with Gasteiger partial charge in [0.1, 0.15) is 5.75 Å². The molecule has 1 aromatic rings. The second-order valence-corrected chi connectivity index (χ2v) is 5.58. The van der Waals surface area contributed by atoms with E-state index >= 15 is 0 Å². The highest BCUT2D eigenvalue weighted by atomic mass is 16.5. The molecule has 3 N–H and O–H groups in total. The maximum atomic E-state index is 12.1. The van der Waals surface area contributed by atoms with Crippen molar-refractivity contribution < 1.29 is 19.4 Å². The number of benzene rings is 1. The maximum absolute atomic E-state index is 12.1. The number of urea groups is 1. The van der Waals surface area contributed by atoms with Crippen LogP contribution in [0.2, 0.25) is 0 Å². The largest absolute Gasteiger partial charge is 0.495 e. The van der Waals surface area contributed by atoms with Crippen molar-refractivity contribution in [1.82, 2.24) is 5.32 Å². The summed E-state index contributed by atoms with van der Waals surface area (Å²) in [5, 5.41) is 15.1. The molecule has 1 aliphatic carbocycles. The van der Waals surface area contributed by atoms with Crippen molar-refractivity contribution >= 4 is 17.5 Å². The molecule has 22 heavy (non-hydrogen) atoms. The fourth-order valence-electron chi connectivity index (χ4n) is 2.59. The molecule has 1 aliphatic rings. The number of carbonyl (C=O) groups excluding carboxylic acids is 2. The lowest BCUT2D eigenvalue weighted by molar-refractivity contribution is 0.101. The molecule has 120 valence electrons. The second-order valence-electron chi connectivity index (χ2n) is 5.58. The smallest absolute Gasteiger partial charge is 0.319 e. The maximum Gasteiger partial charge on any atom is 0.319 e. The highest BCUT2D eigenvalue weighted by molar-refractivity contribution is 5.98. The molecule has 0 unspecified atom stereocenters. The summed E-state index contributed by atoms with van der Waals surface area (Å²) < 4.78 is 5.20. The summed E-state index contributed by atoms with van der Waals surface area (Å²) in [5.74, 6) is 0.423. The summed E-state index contributed by atoms with van der Waals surface area (Å²) in [6.07, 6.45) is 2.68. The van der Waals surface area contributed by atoms with E-state index in [4.69, 9.17) is 4.74 Å². The molecule has 6 nitrogen and oxygen atoms in total. The molecular formula is C16H22N2O4. The molecule has 0 aromatic heterocycles. The Morgan fingerprint density at radius 2 is 1.91 bits per heavy atom. The van der Waals surface area contributed by atoms with Gasteiger partial charge in [-0.15, -0.1) is 0 Å². The van der Waals surface area contributed by atoms with E-state index in [2.05, 4.69) is 10.6 Å². The fraction of sp³-hybridized carbons (Fsp3) is 0.500. The Morgan fingerprint density at radius 1 is 1.23 bits per heavy atom. The molecule has 1 aromatic carbocycles. The Bertz CT molecular complexity index is 551. The molecule has 6 heteroatoms. The van der Waals surface area contributed by atoms with E-state index < -0.39 is 0 Å². The van der Waals surface area contributed by atoms with Gasteiger partial charge in [-0.05, 0) is 50.8 Å². The van der Waals surface area contributed by atoms with Crippen LogP contribution in [0.15, 0.2) is 18.2 Å². The molecule has 1 saturated carbocycles. The molecule has 0 heterocycles. The van der Waals surface area contributed by atoms with Crippen LogP contribution < -0.4 is 15.4 Å². The summed E-state index contributed by atoms with van der Waals surface area (Å²) >= 11 is 0. The van der Waals surface area contributed by atoms with Gasteiger partial charge < -0.3 is 20.5 Å². The van der Waals surface area contributed by atoms with Crippen molar-refractivity contribution in [3.63, 3.8) is 0 Å². The minimum absolute atomic E-state index is 0.0605. The second kappa shape index (κ2) is 7.26. The van der Waals surface area contributed by atoms with Crippen LogP contribution in [0.5, 0.6) is 5.75 Å². The van der Waals surface area contributed by atoms with Gasteiger partial charge >= 0.3 is 6.03 Å². The van der Waals surface area contributed by atoms with Crippen LogP contribution in [0.3, 0.4) is 0 Å². The first kappa shape index (κ1) is 16.3. The highest BCUT2D eigenvalue weighted by Crippen LogP contribution is 2.26. The lowest BCUT2D eigenvalue weighted by Gasteiger charge is -2.26. The van der Waals surface area contributed by atoms with Gasteiger partial charge in [0.15, 0.2) is 5.78 Å². The molecule has 0 atom stereocenters. The predicted molar refractivity (Wildman–Crippen MR) is 83.4 cm³/mol. The number of aliphatic hydroxyl groups is 1. The number of ketones is 1. The summed E-state index contributed by atoms with van der Waals surface area (Å²) in [5.41, 5.74) is 0.973. The molecular weight excluding hydrogens is 284 g/mol. The van der Waals surface area contributed by atoms with Gasteiger partial charge in [-0.25, -0.2) is 4.79 Å². The first-order chi connectivity index (χ1) is 10.5. The summed E-state index contributed by atoms with van der Waals surface area (Å²) in [6.45, 7) is 1.47. The van der Waals surface area contributed by atoms with Crippen molar-refractivity contribution in [1.29, 1.82) is 0 Å². The number of rotatable bonds is 4. The van der Waals surface area contributed by atoms with Gasteiger partial charge in [-0.2, -0.15) is 0 Å². The Kier molecular flexibility index (Phi) is 5.38. The van der Waals surface area contributed by atoms with E-state index in [1.54, 1.807) is 18.2 Å². The average molecular weight is 306 g/mol. The molecule has 0 saturated heterocycles. The Morgan fingerprint density at radius 3 is 2.50 bits per heavy atom.